The van der Waals surface area contributed by atoms with Gasteiger partial charge in [-0.05, 0) is 50.6 Å². The van der Waals surface area contributed by atoms with E-state index in [2.05, 4.69) is 21.0 Å². The third-order valence-corrected chi connectivity index (χ3v) is 4.59. The molecule has 0 unspecified atom stereocenters. The maximum absolute atomic E-state index is 12.6. The largest absolute Gasteiger partial charge is 0.338 e. The molecule has 2 aromatic heterocycles. The first kappa shape index (κ1) is 13.9. The average molecular weight is 306 g/mol. The molecular formula is C18H18N4O. The Morgan fingerprint density at radius 1 is 1.30 bits per heavy atom. The van der Waals surface area contributed by atoms with Gasteiger partial charge in [0.25, 0.3) is 0 Å². The highest BCUT2D eigenvalue weighted by Gasteiger charge is 2.43. The number of aromatic amines is 1. The van der Waals surface area contributed by atoms with Crippen LogP contribution in [0.1, 0.15) is 26.3 Å². The van der Waals surface area contributed by atoms with Gasteiger partial charge in [-0.15, -0.1) is 0 Å². The number of fused-ring (bicyclic) bond motifs is 2. The van der Waals surface area contributed by atoms with Gasteiger partial charge in [-0.3, -0.25) is 9.78 Å². The molecule has 3 aromatic rings. The highest BCUT2D eigenvalue weighted by molar-refractivity contribution is 6.09. The number of nitrogens with zero attached hydrogens (tertiary/aromatic N) is 3. The van der Waals surface area contributed by atoms with Crippen molar-refractivity contribution >= 4 is 22.6 Å². The zero-order valence-corrected chi connectivity index (χ0v) is 13.4. The van der Waals surface area contributed by atoms with Gasteiger partial charge in [0.15, 0.2) is 0 Å². The molecular weight excluding hydrogens is 288 g/mol. The van der Waals surface area contributed by atoms with E-state index in [1.54, 1.807) is 12.4 Å². The van der Waals surface area contributed by atoms with E-state index < -0.39 is 5.41 Å². The molecule has 3 heterocycles. The lowest BCUT2D eigenvalue weighted by molar-refractivity contribution is -0.122. The molecule has 5 nitrogen and oxygen atoms in total. The van der Waals surface area contributed by atoms with Gasteiger partial charge in [-0.2, -0.15) is 0 Å². The van der Waals surface area contributed by atoms with Gasteiger partial charge in [0.2, 0.25) is 5.91 Å². The molecule has 0 saturated heterocycles. The number of benzene rings is 1. The minimum atomic E-state index is -0.501. The summed E-state index contributed by atoms with van der Waals surface area (Å²) in [6.45, 7) is 6.63. The molecule has 23 heavy (non-hydrogen) atoms. The first-order valence-corrected chi connectivity index (χ1v) is 7.79. The Hall–Kier alpha value is -2.69. The van der Waals surface area contributed by atoms with Crippen LogP contribution >= 0.6 is 0 Å². The quantitative estimate of drug-likeness (QED) is 0.790. The van der Waals surface area contributed by atoms with E-state index in [9.17, 15) is 4.79 Å². The number of hydrogen-bond acceptors (Lipinski definition) is 3. The summed E-state index contributed by atoms with van der Waals surface area (Å²) in [6, 6.07) is 7.94. The first-order chi connectivity index (χ1) is 11.0. The predicted molar refractivity (Wildman–Crippen MR) is 90.4 cm³/mol. The van der Waals surface area contributed by atoms with Gasteiger partial charge < -0.3 is 9.88 Å². The SMILES string of the molecule is CCN1C(=O)C(C)(C)c2cc3[nH]c(-c4cccnc4)nc3cc21. The molecule has 1 amide bonds. The summed E-state index contributed by atoms with van der Waals surface area (Å²) in [5.74, 6) is 0.944. The molecule has 5 heteroatoms. The van der Waals surface area contributed by atoms with Crippen LogP contribution in [0.25, 0.3) is 22.4 Å². The van der Waals surface area contributed by atoms with Gasteiger partial charge in [0, 0.05) is 24.5 Å². The van der Waals surface area contributed by atoms with Crippen molar-refractivity contribution in [3.05, 3.63) is 42.2 Å². The number of aromatic nitrogens is 3. The smallest absolute Gasteiger partial charge is 0.237 e. The van der Waals surface area contributed by atoms with Crippen molar-refractivity contribution in [2.24, 2.45) is 0 Å². The van der Waals surface area contributed by atoms with Crippen LogP contribution in [0.15, 0.2) is 36.7 Å². The first-order valence-electron chi connectivity index (χ1n) is 7.79. The maximum atomic E-state index is 12.6. The third-order valence-electron chi connectivity index (χ3n) is 4.59. The molecule has 4 rings (SSSR count). The van der Waals surface area contributed by atoms with Crippen LogP contribution in [0.5, 0.6) is 0 Å². The zero-order chi connectivity index (χ0) is 16.2. The lowest BCUT2D eigenvalue weighted by Crippen LogP contribution is -2.35. The molecule has 0 radical (unpaired) electrons. The van der Waals surface area contributed by atoms with E-state index in [4.69, 9.17) is 0 Å². The second-order valence-corrected chi connectivity index (χ2v) is 6.39. The molecule has 0 aliphatic carbocycles. The summed E-state index contributed by atoms with van der Waals surface area (Å²) in [4.78, 5) is 26.6. The number of H-pyrrole nitrogens is 1. The molecule has 0 bridgehead atoms. The fourth-order valence-corrected chi connectivity index (χ4v) is 3.29. The number of likely N-dealkylation sites (N-methyl/N-ethyl adjacent to an activating group) is 1. The Morgan fingerprint density at radius 3 is 2.83 bits per heavy atom. The van der Waals surface area contributed by atoms with E-state index in [1.807, 2.05) is 43.9 Å². The number of anilines is 1. The second kappa shape index (κ2) is 4.65. The van der Waals surface area contributed by atoms with Crippen molar-refractivity contribution < 1.29 is 4.79 Å². The number of rotatable bonds is 2. The Morgan fingerprint density at radius 2 is 2.13 bits per heavy atom. The Kier molecular flexibility index (Phi) is 2.82. The molecule has 1 aliphatic rings. The number of hydrogen-bond donors (Lipinski definition) is 1. The number of nitrogens with one attached hydrogen (secondary N) is 1. The lowest BCUT2D eigenvalue weighted by atomic mass is 9.86. The summed E-state index contributed by atoms with van der Waals surface area (Å²) in [5, 5.41) is 0. The molecule has 0 fully saturated rings. The maximum Gasteiger partial charge on any atom is 0.237 e. The highest BCUT2D eigenvalue weighted by Crippen LogP contribution is 2.43. The molecule has 116 valence electrons. The number of carbonyl (C=O) groups is 1. The van der Waals surface area contributed by atoms with Gasteiger partial charge in [0.05, 0.1) is 22.1 Å². The van der Waals surface area contributed by atoms with Crippen molar-refractivity contribution in [1.82, 2.24) is 15.0 Å². The van der Waals surface area contributed by atoms with Crippen LogP contribution in [0.3, 0.4) is 0 Å². The van der Waals surface area contributed by atoms with Crippen LogP contribution in [0, 0.1) is 0 Å². The van der Waals surface area contributed by atoms with Crippen molar-refractivity contribution in [1.29, 1.82) is 0 Å². The Balaban J connectivity index is 1.92. The molecule has 0 saturated carbocycles. The summed E-state index contributed by atoms with van der Waals surface area (Å²) in [5.41, 5.74) is 4.29. The lowest BCUT2D eigenvalue weighted by Gasteiger charge is -2.18. The van der Waals surface area contributed by atoms with Crippen molar-refractivity contribution in [2.45, 2.75) is 26.2 Å². The predicted octanol–water partition coefficient (Wildman–Crippen LogP) is 3.27. The van der Waals surface area contributed by atoms with E-state index in [0.29, 0.717) is 6.54 Å². The van der Waals surface area contributed by atoms with Crippen molar-refractivity contribution in [3.63, 3.8) is 0 Å². The van der Waals surface area contributed by atoms with E-state index >= 15 is 0 Å². The number of pyridine rings is 1. The molecule has 1 N–H and O–H groups in total. The van der Waals surface area contributed by atoms with E-state index in [-0.39, 0.29) is 5.91 Å². The Labute approximate surface area is 134 Å². The van der Waals surface area contributed by atoms with E-state index in [1.165, 1.54) is 0 Å². The molecule has 0 atom stereocenters. The van der Waals surface area contributed by atoms with Crippen molar-refractivity contribution in [3.8, 4) is 11.4 Å². The standard InChI is InChI=1S/C18H18N4O/c1-4-22-15-9-14-13(8-12(15)18(2,3)17(22)23)20-16(21-14)11-6-5-7-19-10-11/h5-10H,4H2,1-3H3,(H,20,21). The second-order valence-electron chi connectivity index (χ2n) is 6.39. The highest BCUT2D eigenvalue weighted by atomic mass is 16.2. The summed E-state index contributed by atoms with van der Waals surface area (Å²) < 4.78 is 0. The van der Waals surface area contributed by atoms with Crippen LogP contribution in [0.2, 0.25) is 0 Å². The number of carbonyl (C=O) groups excluding carboxylic acids is 1. The number of amides is 1. The van der Waals surface area contributed by atoms with Gasteiger partial charge in [0.1, 0.15) is 5.82 Å². The van der Waals surface area contributed by atoms with Crippen LogP contribution in [-0.2, 0) is 10.2 Å². The van der Waals surface area contributed by atoms with Crippen LogP contribution < -0.4 is 4.90 Å². The molecule has 0 spiro atoms. The number of imidazole rings is 1. The summed E-state index contributed by atoms with van der Waals surface area (Å²) in [7, 11) is 0. The van der Waals surface area contributed by atoms with Crippen LogP contribution in [0.4, 0.5) is 5.69 Å². The Bertz CT molecular complexity index is 911. The van der Waals surface area contributed by atoms with Gasteiger partial charge in [-0.25, -0.2) is 4.98 Å². The van der Waals surface area contributed by atoms with E-state index in [0.717, 1.165) is 33.7 Å². The van der Waals surface area contributed by atoms with Gasteiger partial charge >= 0.3 is 0 Å². The minimum Gasteiger partial charge on any atom is -0.338 e. The van der Waals surface area contributed by atoms with Gasteiger partial charge in [-0.1, -0.05) is 0 Å². The fourth-order valence-electron chi connectivity index (χ4n) is 3.29. The zero-order valence-electron chi connectivity index (χ0n) is 13.4. The third kappa shape index (κ3) is 1.89. The average Bonchev–Trinajstić information content (AvgIpc) is 3.05. The fraction of sp³-hybridized carbons (Fsp3) is 0.278. The summed E-state index contributed by atoms with van der Waals surface area (Å²) >= 11 is 0. The van der Waals surface area contributed by atoms with Crippen molar-refractivity contribution in [2.75, 3.05) is 11.4 Å². The molecule has 1 aliphatic heterocycles. The molecule has 1 aromatic carbocycles. The van der Waals surface area contributed by atoms with Crippen LogP contribution in [-0.4, -0.2) is 27.4 Å². The monoisotopic (exact) mass is 306 g/mol. The summed E-state index contributed by atoms with van der Waals surface area (Å²) in [6.07, 6.45) is 3.53. The minimum absolute atomic E-state index is 0.148. The topological polar surface area (TPSA) is 61.9 Å². The normalized spacial score (nSPS) is 16.1.